The van der Waals surface area contributed by atoms with Gasteiger partial charge in [-0.3, -0.25) is 4.79 Å². The molecule has 0 aliphatic carbocycles. The lowest BCUT2D eigenvalue weighted by molar-refractivity contribution is -0.137. The van der Waals surface area contributed by atoms with Crippen molar-refractivity contribution in [3.8, 4) is 6.01 Å². The average Bonchev–Trinajstić information content (AvgIpc) is 2.80. The van der Waals surface area contributed by atoms with Crippen molar-refractivity contribution in [2.45, 2.75) is 70.9 Å². The predicted octanol–water partition coefficient (Wildman–Crippen LogP) is 5.10. The number of benzene rings is 1. The fraction of sp³-hybridized carbons (Fsp3) is 0.542. The van der Waals surface area contributed by atoms with E-state index >= 15 is 4.39 Å². The predicted molar refractivity (Wildman–Crippen MR) is 125 cm³/mol. The van der Waals surface area contributed by atoms with E-state index in [0.29, 0.717) is 42.3 Å². The summed E-state index contributed by atoms with van der Waals surface area (Å²) in [7, 11) is 0. The van der Waals surface area contributed by atoms with Crippen LogP contribution >= 0.6 is 0 Å². The van der Waals surface area contributed by atoms with Gasteiger partial charge in [-0.15, -0.1) is 0 Å². The van der Waals surface area contributed by atoms with E-state index < -0.39 is 17.7 Å². The maximum absolute atomic E-state index is 15.2. The molecule has 3 unspecified atom stereocenters. The highest BCUT2D eigenvalue weighted by molar-refractivity contribution is 5.76. The molecule has 3 N–H and O–H groups in total. The number of anilines is 3. The molecule has 9 heteroatoms. The van der Waals surface area contributed by atoms with E-state index in [2.05, 4.69) is 27.5 Å². The van der Waals surface area contributed by atoms with Crippen LogP contribution in [0.15, 0.2) is 24.5 Å². The van der Waals surface area contributed by atoms with E-state index in [1.54, 1.807) is 18.5 Å². The second-order valence-corrected chi connectivity index (χ2v) is 8.20. The second kappa shape index (κ2) is 11.8. The molecule has 3 atom stereocenters. The highest BCUT2D eigenvalue weighted by Gasteiger charge is 2.24. The summed E-state index contributed by atoms with van der Waals surface area (Å²) in [5, 5.41) is 16.0. The van der Waals surface area contributed by atoms with Crippen molar-refractivity contribution in [2.75, 3.05) is 23.8 Å². The van der Waals surface area contributed by atoms with Crippen LogP contribution in [0, 0.1) is 5.82 Å². The lowest BCUT2D eigenvalue weighted by atomic mass is 9.91. The molecule has 2 heterocycles. The molecule has 0 amide bonds. The Morgan fingerprint density at radius 2 is 2.03 bits per heavy atom. The first-order valence-electron chi connectivity index (χ1n) is 11.6. The largest absolute Gasteiger partial charge is 0.481 e. The van der Waals surface area contributed by atoms with Gasteiger partial charge in [-0.05, 0) is 56.2 Å². The van der Waals surface area contributed by atoms with Crippen LogP contribution in [-0.4, -0.2) is 46.4 Å². The molecular weight excluding hydrogens is 427 g/mol. The molecule has 1 saturated heterocycles. The summed E-state index contributed by atoms with van der Waals surface area (Å²) < 4.78 is 26.2. The maximum atomic E-state index is 15.2. The first-order chi connectivity index (χ1) is 15.9. The lowest BCUT2D eigenvalue weighted by Crippen LogP contribution is -2.33. The fourth-order valence-electron chi connectivity index (χ4n) is 4.07. The normalized spacial score (nSPS) is 19.0. The van der Waals surface area contributed by atoms with Gasteiger partial charge in [0.15, 0.2) is 0 Å². The summed E-state index contributed by atoms with van der Waals surface area (Å²) >= 11 is 0. The Labute approximate surface area is 193 Å². The van der Waals surface area contributed by atoms with Gasteiger partial charge in [-0.1, -0.05) is 13.8 Å². The van der Waals surface area contributed by atoms with Gasteiger partial charge in [0.25, 0.3) is 0 Å². The number of nitrogens with zero attached hydrogens (tertiary/aromatic N) is 2. The van der Waals surface area contributed by atoms with Crippen LogP contribution in [0.2, 0.25) is 0 Å². The molecule has 8 nitrogen and oxygen atoms in total. The van der Waals surface area contributed by atoms with Crippen LogP contribution in [-0.2, 0) is 9.53 Å². The van der Waals surface area contributed by atoms with E-state index in [1.165, 1.54) is 6.07 Å². The lowest BCUT2D eigenvalue weighted by Gasteiger charge is -2.31. The minimum Gasteiger partial charge on any atom is -0.481 e. The van der Waals surface area contributed by atoms with Crippen LogP contribution < -0.4 is 15.4 Å². The number of carboxylic acid groups (broad SMARTS) is 1. The molecule has 0 radical (unpaired) electrons. The third kappa shape index (κ3) is 6.77. The third-order valence-corrected chi connectivity index (χ3v) is 5.85. The number of hydrogen-bond acceptors (Lipinski definition) is 7. The Morgan fingerprint density at radius 3 is 2.67 bits per heavy atom. The molecular formula is C24H33FN4O4. The van der Waals surface area contributed by atoms with Gasteiger partial charge >= 0.3 is 12.0 Å². The zero-order valence-electron chi connectivity index (χ0n) is 19.4. The number of aromatic nitrogens is 2. The van der Waals surface area contributed by atoms with Crippen molar-refractivity contribution in [3.63, 3.8) is 0 Å². The average molecular weight is 461 g/mol. The van der Waals surface area contributed by atoms with Crippen molar-refractivity contribution in [1.29, 1.82) is 0 Å². The summed E-state index contributed by atoms with van der Waals surface area (Å²) in [6, 6.07) is 3.57. The first-order valence-corrected chi connectivity index (χ1v) is 11.6. The molecule has 0 spiro atoms. The second-order valence-electron chi connectivity index (χ2n) is 8.20. The Bertz CT molecular complexity index is 925. The summed E-state index contributed by atoms with van der Waals surface area (Å²) in [6.07, 6.45) is 6.33. The summed E-state index contributed by atoms with van der Waals surface area (Å²) in [5.74, 6) is -1.80. The number of nitrogens with one attached hydrogen (secondary N) is 2. The Morgan fingerprint density at radius 1 is 1.27 bits per heavy atom. The first kappa shape index (κ1) is 24.7. The van der Waals surface area contributed by atoms with Gasteiger partial charge in [0.1, 0.15) is 5.82 Å². The van der Waals surface area contributed by atoms with E-state index in [4.69, 9.17) is 9.47 Å². The number of carboxylic acids is 1. The molecule has 0 bridgehead atoms. The zero-order chi connectivity index (χ0) is 23.8. The van der Waals surface area contributed by atoms with Crippen LogP contribution in [0.5, 0.6) is 6.01 Å². The van der Waals surface area contributed by atoms with Crippen molar-refractivity contribution >= 4 is 23.0 Å². The van der Waals surface area contributed by atoms with Crippen LogP contribution in [0.3, 0.4) is 0 Å². The Balaban J connectivity index is 1.92. The quantitative estimate of drug-likeness (QED) is 0.426. The molecule has 1 aromatic carbocycles. The van der Waals surface area contributed by atoms with Gasteiger partial charge in [-0.2, -0.15) is 0 Å². The van der Waals surface area contributed by atoms with Gasteiger partial charge in [0, 0.05) is 12.6 Å². The zero-order valence-corrected chi connectivity index (χ0v) is 19.4. The molecule has 2 aromatic rings. The molecule has 1 aromatic heterocycles. The smallest absolute Gasteiger partial charge is 0.316 e. The SMILES string of the molecule is CCOc1ncc(Nc2cc(C(CC)CC(=O)O)c(F)cc2NC2CCOC(CC)C2)cn1. The Kier molecular flexibility index (Phi) is 8.82. The van der Waals surface area contributed by atoms with Crippen molar-refractivity contribution in [2.24, 2.45) is 0 Å². The maximum Gasteiger partial charge on any atom is 0.316 e. The fourth-order valence-corrected chi connectivity index (χ4v) is 4.07. The summed E-state index contributed by atoms with van der Waals surface area (Å²) in [5.41, 5.74) is 2.24. The van der Waals surface area contributed by atoms with E-state index in [1.807, 2.05) is 13.8 Å². The molecule has 180 valence electrons. The van der Waals surface area contributed by atoms with Crippen molar-refractivity contribution in [1.82, 2.24) is 9.97 Å². The topological polar surface area (TPSA) is 106 Å². The van der Waals surface area contributed by atoms with Crippen molar-refractivity contribution in [3.05, 3.63) is 35.9 Å². The van der Waals surface area contributed by atoms with Crippen molar-refractivity contribution < 1.29 is 23.8 Å². The molecule has 1 aliphatic rings. The van der Waals surface area contributed by atoms with E-state index in [-0.39, 0.29) is 24.6 Å². The third-order valence-electron chi connectivity index (χ3n) is 5.85. The molecule has 3 rings (SSSR count). The monoisotopic (exact) mass is 460 g/mol. The highest BCUT2D eigenvalue weighted by Crippen LogP contribution is 2.35. The van der Waals surface area contributed by atoms with Crippen LogP contribution in [0.25, 0.3) is 0 Å². The number of ether oxygens (including phenoxy) is 2. The number of hydrogen-bond donors (Lipinski definition) is 3. The minimum absolute atomic E-state index is 0.135. The number of aliphatic carboxylic acids is 1. The minimum atomic E-state index is -0.953. The standard InChI is InChI=1S/C24H33FN4O4/c1-4-15(9-23(30)31)19-11-21(29-17-13-26-24(27-14-17)32-6-3)22(12-20(19)25)28-16-7-8-33-18(5-2)10-16/h11-16,18,28-29H,4-10H2,1-3H3,(H,30,31). The summed E-state index contributed by atoms with van der Waals surface area (Å²) in [6.45, 7) is 6.93. The Hall–Kier alpha value is -2.94. The number of halogens is 1. The van der Waals surface area contributed by atoms with Gasteiger partial charge in [0.05, 0.1) is 48.6 Å². The molecule has 1 aliphatic heterocycles. The van der Waals surface area contributed by atoms with Crippen LogP contribution in [0.4, 0.5) is 21.5 Å². The van der Waals surface area contributed by atoms with Gasteiger partial charge in [-0.25, -0.2) is 14.4 Å². The molecule has 1 fully saturated rings. The van der Waals surface area contributed by atoms with Gasteiger partial charge in [0.2, 0.25) is 0 Å². The number of carbonyl (C=O) groups is 1. The van der Waals surface area contributed by atoms with Gasteiger partial charge < -0.3 is 25.2 Å². The van der Waals surface area contributed by atoms with Crippen LogP contribution in [0.1, 0.15) is 64.4 Å². The molecule has 0 saturated carbocycles. The summed E-state index contributed by atoms with van der Waals surface area (Å²) in [4.78, 5) is 19.7. The van der Waals surface area contributed by atoms with E-state index in [9.17, 15) is 9.90 Å². The highest BCUT2D eigenvalue weighted by atomic mass is 19.1. The molecule has 33 heavy (non-hydrogen) atoms. The van der Waals surface area contributed by atoms with E-state index in [0.717, 1.165) is 19.3 Å². The number of rotatable bonds is 11.